The highest BCUT2D eigenvalue weighted by Gasteiger charge is 2.34. The van der Waals surface area contributed by atoms with E-state index in [9.17, 15) is 18.0 Å². The third kappa shape index (κ3) is 6.37. The molecule has 192 valence electrons. The Morgan fingerprint density at radius 3 is 2.64 bits per heavy atom. The summed E-state index contributed by atoms with van der Waals surface area (Å²) in [6.45, 7) is 6.03. The second-order valence-corrected chi connectivity index (χ2v) is 9.81. The molecule has 8 nitrogen and oxygen atoms in total. The fraction of sp³-hybridized carbons (Fsp3) is 0.417. The number of hydrogen-bond donors (Lipinski definition) is 1. The van der Waals surface area contributed by atoms with Gasteiger partial charge in [0.2, 0.25) is 5.82 Å². The van der Waals surface area contributed by atoms with Gasteiger partial charge in [0.05, 0.1) is 25.3 Å². The maximum Gasteiger partial charge on any atom is 0.451 e. The first-order valence-corrected chi connectivity index (χ1v) is 12.1. The van der Waals surface area contributed by atoms with Gasteiger partial charge in [-0.2, -0.15) is 13.2 Å². The highest BCUT2D eigenvalue weighted by Crippen LogP contribution is 2.30. The Morgan fingerprint density at radius 2 is 2.00 bits per heavy atom. The molecule has 1 fully saturated rings. The van der Waals surface area contributed by atoms with Crippen LogP contribution < -0.4 is 10.1 Å². The van der Waals surface area contributed by atoms with Gasteiger partial charge in [0.1, 0.15) is 17.4 Å². The molecule has 1 amide bonds. The van der Waals surface area contributed by atoms with Gasteiger partial charge in [0.25, 0.3) is 5.91 Å². The van der Waals surface area contributed by atoms with Crippen molar-refractivity contribution >= 4 is 17.2 Å². The molecule has 0 aliphatic carbocycles. The van der Waals surface area contributed by atoms with Crippen molar-refractivity contribution in [1.29, 1.82) is 0 Å². The third-order valence-electron chi connectivity index (χ3n) is 5.77. The Balaban J connectivity index is 1.53. The lowest BCUT2D eigenvalue weighted by Crippen LogP contribution is -2.46. The molecule has 0 spiro atoms. The van der Waals surface area contributed by atoms with Crippen molar-refractivity contribution in [2.75, 3.05) is 33.4 Å². The van der Waals surface area contributed by atoms with E-state index in [1.807, 2.05) is 20.0 Å². The molecule has 0 radical (unpaired) electrons. The van der Waals surface area contributed by atoms with Crippen LogP contribution >= 0.6 is 11.3 Å². The molecule has 12 heteroatoms. The summed E-state index contributed by atoms with van der Waals surface area (Å²) in [5, 5.41) is 3.54. The highest BCUT2D eigenvalue weighted by molar-refractivity contribution is 7.14. The van der Waals surface area contributed by atoms with E-state index >= 15 is 0 Å². The molecule has 0 saturated carbocycles. The highest BCUT2D eigenvalue weighted by atomic mass is 32.1. The minimum atomic E-state index is -4.63. The Kier molecular flexibility index (Phi) is 7.86. The number of hydrogen-bond acceptors (Lipinski definition) is 8. The Morgan fingerprint density at radius 1 is 1.25 bits per heavy atom. The predicted molar refractivity (Wildman–Crippen MR) is 128 cm³/mol. The molecule has 1 N–H and O–H groups in total. The molecule has 1 saturated heterocycles. The number of carbonyl (C=O) groups is 1. The van der Waals surface area contributed by atoms with Gasteiger partial charge >= 0.3 is 6.18 Å². The van der Waals surface area contributed by atoms with Gasteiger partial charge in [0.15, 0.2) is 0 Å². The van der Waals surface area contributed by atoms with Gasteiger partial charge in [-0.15, -0.1) is 11.3 Å². The second kappa shape index (κ2) is 10.9. The van der Waals surface area contributed by atoms with Crippen LogP contribution in [0, 0.1) is 6.92 Å². The van der Waals surface area contributed by atoms with Crippen LogP contribution in [0.2, 0.25) is 0 Å². The normalized spacial score (nSPS) is 17.6. The van der Waals surface area contributed by atoms with Crippen molar-refractivity contribution in [1.82, 2.24) is 25.2 Å². The number of halogens is 3. The molecule has 0 bridgehead atoms. The SMILES string of the molecule is Cc1cnc(-c2cc(OC[C@H]3COCCN3C)cc(C(=O)NC(C)c3cnc(C(F)(F)F)nc3)c2)s1. The largest absolute Gasteiger partial charge is 0.492 e. The standard InChI is InChI=1S/C24H26F3N5O3S/c1-14-9-28-22(36-14)17-6-16(7-20(8-17)35-13-19-12-34-5-4-32(19)3)21(33)31-15(2)18-10-29-23(30-11-18)24(25,26)27/h6-11,15,19H,4-5,12-13H2,1-3H3,(H,31,33)/t15?,19-/m1/s1. The van der Waals surface area contributed by atoms with Crippen LogP contribution in [-0.4, -0.2) is 65.2 Å². The number of rotatable bonds is 7. The average Bonchev–Trinajstić information content (AvgIpc) is 3.29. The molecule has 1 aliphatic rings. The van der Waals surface area contributed by atoms with Crippen LogP contribution in [0.25, 0.3) is 10.6 Å². The molecule has 2 atom stereocenters. The van der Waals surface area contributed by atoms with Gasteiger partial charge < -0.3 is 14.8 Å². The van der Waals surface area contributed by atoms with E-state index in [2.05, 4.69) is 25.2 Å². The molecular weight excluding hydrogens is 495 g/mol. The lowest BCUT2D eigenvalue weighted by Gasteiger charge is -2.32. The first-order valence-electron chi connectivity index (χ1n) is 11.3. The molecule has 1 aliphatic heterocycles. The maximum atomic E-state index is 13.1. The fourth-order valence-corrected chi connectivity index (χ4v) is 4.35. The number of aryl methyl sites for hydroxylation is 1. The van der Waals surface area contributed by atoms with E-state index in [1.165, 1.54) is 11.3 Å². The van der Waals surface area contributed by atoms with Crippen molar-refractivity contribution in [2.45, 2.75) is 32.1 Å². The number of benzene rings is 1. The van der Waals surface area contributed by atoms with E-state index in [-0.39, 0.29) is 6.04 Å². The zero-order valence-corrected chi connectivity index (χ0v) is 20.8. The number of ether oxygens (including phenoxy) is 2. The molecule has 2 aromatic heterocycles. The molecule has 1 aromatic carbocycles. The smallest absolute Gasteiger partial charge is 0.451 e. The van der Waals surface area contributed by atoms with Crippen LogP contribution in [0.3, 0.4) is 0 Å². The number of aromatic nitrogens is 3. The number of thiazole rings is 1. The predicted octanol–water partition coefficient (Wildman–Crippen LogP) is 4.13. The van der Waals surface area contributed by atoms with Crippen LogP contribution in [0.1, 0.15) is 39.6 Å². The summed E-state index contributed by atoms with van der Waals surface area (Å²) in [5.41, 5.74) is 1.41. The summed E-state index contributed by atoms with van der Waals surface area (Å²) >= 11 is 1.50. The van der Waals surface area contributed by atoms with Gasteiger partial charge in [-0.1, -0.05) is 0 Å². The molecular formula is C24H26F3N5O3S. The Labute approximate surface area is 210 Å². The van der Waals surface area contributed by atoms with Crippen molar-refractivity contribution in [3.63, 3.8) is 0 Å². The summed E-state index contributed by atoms with van der Waals surface area (Å²) < 4.78 is 49.9. The van der Waals surface area contributed by atoms with E-state index in [1.54, 1.807) is 25.3 Å². The Bertz CT molecular complexity index is 1200. The molecule has 3 heterocycles. The molecule has 4 rings (SSSR count). The van der Waals surface area contributed by atoms with E-state index in [0.29, 0.717) is 36.7 Å². The van der Waals surface area contributed by atoms with Crippen molar-refractivity contribution in [3.05, 3.63) is 58.6 Å². The number of carbonyl (C=O) groups excluding carboxylic acids is 1. The lowest BCUT2D eigenvalue weighted by molar-refractivity contribution is -0.145. The summed E-state index contributed by atoms with van der Waals surface area (Å²) in [6, 6.07) is 4.65. The number of nitrogens with one attached hydrogen (secondary N) is 1. The number of likely N-dealkylation sites (N-methyl/N-ethyl adjacent to an activating group) is 1. The van der Waals surface area contributed by atoms with Crippen molar-refractivity contribution in [3.8, 4) is 16.3 Å². The monoisotopic (exact) mass is 521 g/mol. The van der Waals surface area contributed by atoms with Gasteiger partial charge in [0, 0.05) is 46.7 Å². The van der Waals surface area contributed by atoms with E-state index in [0.717, 1.165) is 34.4 Å². The molecule has 36 heavy (non-hydrogen) atoms. The minimum Gasteiger partial charge on any atom is -0.492 e. The summed E-state index contributed by atoms with van der Waals surface area (Å²) in [7, 11) is 2.01. The van der Waals surface area contributed by atoms with Crippen LogP contribution in [0.15, 0.2) is 36.8 Å². The zero-order chi connectivity index (χ0) is 25.9. The van der Waals surface area contributed by atoms with Crippen LogP contribution in [-0.2, 0) is 10.9 Å². The van der Waals surface area contributed by atoms with Gasteiger partial charge in [-0.25, -0.2) is 15.0 Å². The van der Waals surface area contributed by atoms with Crippen molar-refractivity contribution in [2.24, 2.45) is 0 Å². The quantitative estimate of drug-likeness (QED) is 0.500. The minimum absolute atomic E-state index is 0.0847. The van der Waals surface area contributed by atoms with Crippen molar-refractivity contribution < 1.29 is 27.4 Å². The van der Waals surface area contributed by atoms with Crippen LogP contribution in [0.5, 0.6) is 5.75 Å². The van der Waals surface area contributed by atoms with Gasteiger partial charge in [-0.3, -0.25) is 9.69 Å². The number of morpholine rings is 1. The first-order chi connectivity index (χ1) is 17.1. The van der Waals surface area contributed by atoms with E-state index < -0.39 is 23.9 Å². The average molecular weight is 522 g/mol. The van der Waals surface area contributed by atoms with Gasteiger partial charge in [-0.05, 0) is 39.1 Å². The zero-order valence-electron chi connectivity index (χ0n) is 20.0. The van der Waals surface area contributed by atoms with E-state index in [4.69, 9.17) is 9.47 Å². The Hall–Kier alpha value is -3.09. The molecule has 3 aromatic rings. The number of nitrogens with zero attached hydrogens (tertiary/aromatic N) is 4. The first kappa shape index (κ1) is 26.0. The third-order valence-corrected chi connectivity index (χ3v) is 6.74. The number of amides is 1. The fourth-order valence-electron chi connectivity index (χ4n) is 3.60. The maximum absolute atomic E-state index is 13.1. The second-order valence-electron chi connectivity index (χ2n) is 8.58. The molecule has 1 unspecified atom stereocenters. The topological polar surface area (TPSA) is 89.5 Å². The summed E-state index contributed by atoms with van der Waals surface area (Å²) in [4.78, 5) is 27.5. The lowest BCUT2D eigenvalue weighted by atomic mass is 10.1. The van der Waals surface area contributed by atoms with Crippen LogP contribution in [0.4, 0.5) is 13.2 Å². The summed E-state index contributed by atoms with van der Waals surface area (Å²) in [6.07, 6.45) is -0.747. The number of alkyl halides is 3. The summed E-state index contributed by atoms with van der Waals surface area (Å²) in [5.74, 6) is -1.14.